The van der Waals surface area contributed by atoms with Crippen molar-refractivity contribution in [1.82, 2.24) is 0 Å². The molecule has 4 rings (SSSR count). The minimum atomic E-state index is 0.0905. The molecule has 1 aromatic heterocycles. The highest BCUT2D eigenvalue weighted by atomic mass is 15.1. The van der Waals surface area contributed by atoms with Gasteiger partial charge in [0, 0.05) is 18.9 Å². The Balaban J connectivity index is 2.22. The minimum Gasteiger partial charge on any atom is -0.192 e. The van der Waals surface area contributed by atoms with Gasteiger partial charge in [-0.2, -0.15) is 4.57 Å². The van der Waals surface area contributed by atoms with Gasteiger partial charge < -0.3 is 0 Å². The van der Waals surface area contributed by atoms with Crippen molar-refractivity contribution in [2.24, 2.45) is 0 Å². The van der Waals surface area contributed by atoms with Gasteiger partial charge in [-0.25, -0.2) is 0 Å². The second kappa shape index (κ2) is 5.17. The Hall–Kier alpha value is -2.15. The minimum absolute atomic E-state index is 0.0905. The van der Waals surface area contributed by atoms with Crippen molar-refractivity contribution in [3.63, 3.8) is 0 Å². The maximum absolute atomic E-state index is 2.58. The lowest BCUT2D eigenvalue weighted by Gasteiger charge is -2.46. The van der Waals surface area contributed by atoms with Crippen molar-refractivity contribution >= 4 is 10.8 Å². The van der Waals surface area contributed by atoms with Gasteiger partial charge in [-0.05, 0) is 36.9 Å². The van der Waals surface area contributed by atoms with Crippen LogP contribution in [0.15, 0.2) is 60.8 Å². The van der Waals surface area contributed by atoms with Crippen LogP contribution in [0.2, 0.25) is 0 Å². The quantitative estimate of drug-likeness (QED) is 0.542. The van der Waals surface area contributed by atoms with Crippen molar-refractivity contribution in [2.75, 3.05) is 0 Å². The zero-order chi connectivity index (χ0) is 16.9. The fraction of sp³-hybridized carbons (Fsp3) is 0.348. The number of nitrogens with zero attached hydrogens (tertiary/aromatic N) is 1. The SMILES string of the molecule is CCC1(CC)[n+]2ccc3ccccc3c2-c2ccccc2C1(C)C. The fourth-order valence-corrected chi connectivity index (χ4v) is 5.11. The summed E-state index contributed by atoms with van der Waals surface area (Å²) in [5.41, 5.74) is 4.43. The third-order valence-corrected chi connectivity index (χ3v) is 6.51. The zero-order valence-electron chi connectivity index (χ0n) is 15.1. The molecule has 0 aliphatic carbocycles. The molecule has 0 saturated heterocycles. The van der Waals surface area contributed by atoms with Gasteiger partial charge in [0.1, 0.15) is 0 Å². The maximum atomic E-state index is 2.58. The van der Waals surface area contributed by atoms with Gasteiger partial charge in [0.05, 0.1) is 16.4 Å². The molecule has 0 radical (unpaired) electrons. The fourth-order valence-electron chi connectivity index (χ4n) is 5.11. The largest absolute Gasteiger partial charge is 0.221 e. The van der Waals surface area contributed by atoms with E-state index < -0.39 is 0 Å². The third-order valence-electron chi connectivity index (χ3n) is 6.51. The van der Waals surface area contributed by atoms with Crippen molar-refractivity contribution < 1.29 is 4.57 Å². The molecule has 1 nitrogen and oxygen atoms in total. The van der Waals surface area contributed by atoms with E-state index >= 15 is 0 Å². The van der Waals surface area contributed by atoms with E-state index in [0.717, 1.165) is 12.8 Å². The summed E-state index contributed by atoms with van der Waals surface area (Å²) < 4.78 is 2.58. The van der Waals surface area contributed by atoms with Crippen LogP contribution in [0.25, 0.3) is 22.0 Å². The summed E-state index contributed by atoms with van der Waals surface area (Å²) in [7, 11) is 0. The Morgan fingerprint density at radius 1 is 0.833 bits per heavy atom. The molecule has 0 saturated carbocycles. The molecule has 2 heterocycles. The first-order valence-corrected chi connectivity index (χ1v) is 9.10. The molecule has 0 bridgehead atoms. The molecule has 0 spiro atoms. The normalized spacial score (nSPS) is 17.3. The predicted octanol–water partition coefficient (Wildman–Crippen LogP) is 5.60. The van der Waals surface area contributed by atoms with Crippen LogP contribution in [0.1, 0.15) is 46.1 Å². The average Bonchev–Trinajstić information content (AvgIpc) is 2.62. The second-order valence-electron chi connectivity index (χ2n) is 7.53. The summed E-state index contributed by atoms with van der Waals surface area (Å²) in [5, 5.41) is 2.67. The Morgan fingerprint density at radius 2 is 1.50 bits per heavy atom. The van der Waals surface area contributed by atoms with Gasteiger partial charge >= 0.3 is 0 Å². The van der Waals surface area contributed by atoms with E-state index in [9.17, 15) is 0 Å². The molecule has 0 unspecified atom stereocenters. The molecule has 3 aromatic rings. The Kier molecular flexibility index (Phi) is 3.32. The molecule has 1 aliphatic rings. The Bertz CT molecular complexity index is 916. The zero-order valence-corrected chi connectivity index (χ0v) is 15.1. The summed E-state index contributed by atoms with van der Waals surface area (Å²) in [6.45, 7) is 9.52. The molecule has 122 valence electrons. The van der Waals surface area contributed by atoms with Crippen LogP contribution in [-0.2, 0) is 11.0 Å². The van der Waals surface area contributed by atoms with Gasteiger partial charge in [-0.3, -0.25) is 0 Å². The number of rotatable bonds is 2. The smallest absolute Gasteiger partial charge is 0.192 e. The summed E-state index contributed by atoms with van der Waals surface area (Å²) in [6, 6.07) is 20.1. The second-order valence-corrected chi connectivity index (χ2v) is 7.53. The summed E-state index contributed by atoms with van der Waals surface area (Å²) in [5.74, 6) is 0. The van der Waals surface area contributed by atoms with Crippen LogP contribution < -0.4 is 4.57 Å². The topological polar surface area (TPSA) is 3.88 Å². The van der Waals surface area contributed by atoms with Crippen molar-refractivity contribution in [1.29, 1.82) is 0 Å². The predicted molar refractivity (Wildman–Crippen MR) is 101 cm³/mol. The number of pyridine rings is 1. The van der Waals surface area contributed by atoms with E-state index in [0.29, 0.717) is 0 Å². The van der Waals surface area contributed by atoms with E-state index in [2.05, 4.69) is 93.1 Å². The molecular weight excluding hydrogens is 290 g/mol. The van der Waals surface area contributed by atoms with Crippen LogP contribution in [0, 0.1) is 0 Å². The van der Waals surface area contributed by atoms with Crippen molar-refractivity contribution in [3.8, 4) is 11.3 Å². The van der Waals surface area contributed by atoms with Crippen LogP contribution in [0.4, 0.5) is 0 Å². The van der Waals surface area contributed by atoms with Gasteiger partial charge in [-0.1, -0.05) is 50.2 Å². The third kappa shape index (κ3) is 1.73. The van der Waals surface area contributed by atoms with Gasteiger partial charge in [-0.15, -0.1) is 0 Å². The van der Waals surface area contributed by atoms with Gasteiger partial charge in [0.15, 0.2) is 11.7 Å². The molecule has 0 atom stereocenters. The number of hydrogen-bond donors (Lipinski definition) is 0. The van der Waals surface area contributed by atoms with E-state index in [1.165, 1.54) is 27.6 Å². The van der Waals surface area contributed by atoms with E-state index in [1.807, 2.05) is 0 Å². The molecule has 24 heavy (non-hydrogen) atoms. The molecule has 1 heteroatoms. The van der Waals surface area contributed by atoms with E-state index in [1.54, 1.807) is 0 Å². The lowest BCUT2D eigenvalue weighted by atomic mass is 9.61. The number of benzene rings is 2. The molecule has 0 fully saturated rings. The summed E-state index contributed by atoms with van der Waals surface area (Å²) in [6.07, 6.45) is 4.57. The lowest BCUT2D eigenvalue weighted by Crippen LogP contribution is -2.68. The summed E-state index contributed by atoms with van der Waals surface area (Å²) in [4.78, 5) is 0. The van der Waals surface area contributed by atoms with E-state index in [-0.39, 0.29) is 11.0 Å². The average molecular weight is 316 g/mol. The van der Waals surface area contributed by atoms with Crippen LogP contribution in [0.3, 0.4) is 0 Å². The standard InChI is InChI=1S/C23H26N/c1-5-23(6-2)22(3,4)20-14-10-9-13-19(20)21-18-12-8-7-11-17(18)15-16-24(21)23/h7-16H,5-6H2,1-4H3/q+1. The molecular formula is C23H26N+. The van der Waals surface area contributed by atoms with Crippen molar-refractivity contribution in [3.05, 3.63) is 66.4 Å². The molecule has 0 amide bonds. The number of aromatic nitrogens is 1. The highest BCUT2D eigenvalue weighted by Gasteiger charge is 2.56. The monoisotopic (exact) mass is 316 g/mol. The van der Waals surface area contributed by atoms with Gasteiger partial charge in [0.25, 0.3) is 0 Å². The van der Waals surface area contributed by atoms with Crippen LogP contribution in [0.5, 0.6) is 0 Å². The summed E-state index contributed by atoms with van der Waals surface area (Å²) >= 11 is 0. The van der Waals surface area contributed by atoms with E-state index in [4.69, 9.17) is 0 Å². The first kappa shape index (κ1) is 15.4. The van der Waals surface area contributed by atoms with Gasteiger partial charge in [0.2, 0.25) is 5.69 Å². The first-order chi connectivity index (χ1) is 11.6. The maximum Gasteiger partial charge on any atom is 0.221 e. The Morgan fingerprint density at radius 3 is 2.25 bits per heavy atom. The molecule has 0 N–H and O–H groups in total. The Labute approximate surface area is 145 Å². The van der Waals surface area contributed by atoms with Crippen LogP contribution in [-0.4, -0.2) is 0 Å². The molecule has 1 aliphatic heterocycles. The highest BCUT2D eigenvalue weighted by Crippen LogP contribution is 2.49. The molecule has 2 aromatic carbocycles. The highest BCUT2D eigenvalue weighted by molar-refractivity contribution is 5.94. The first-order valence-electron chi connectivity index (χ1n) is 9.10. The lowest BCUT2D eigenvalue weighted by molar-refractivity contribution is -0.768. The number of fused-ring (bicyclic) bond motifs is 5. The number of hydrogen-bond acceptors (Lipinski definition) is 0. The van der Waals surface area contributed by atoms with Crippen molar-refractivity contribution in [2.45, 2.75) is 51.5 Å². The van der Waals surface area contributed by atoms with Crippen LogP contribution >= 0.6 is 0 Å².